The van der Waals surface area contributed by atoms with Crippen LogP contribution in [-0.4, -0.2) is 25.8 Å². The van der Waals surface area contributed by atoms with Crippen molar-refractivity contribution in [1.82, 2.24) is 5.32 Å². The van der Waals surface area contributed by atoms with Gasteiger partial charge >= 0.3 is 0 Å². The lowest BCUT2D eigenvalue weighted by molar-refractivity contribution is -0.0366. The lowest BCUT2D eigenvalue weighted by Gasteiger charge is -2.37. The Kier molecular flexibility index (Phi) is 8.72. The van der Waals surface area contributed by atoms with Gasteiger partial charge in [0.15, 0.2) is 0 Å². The van der Waals surface area contributed by atoms with Crippen molar-refractivity contribution in [2.45, 2.75) is 72.3 Å². The molecule has 3 unspecified atom stereocenters. The molecule has 2 heteroatoms. The Morgan fingerprint density at radius 3 is 2.63 bits per heavy atom. The average molecular weight is 269 g/mol. The third kappa shape index (κ3) is 6.76. The highest BCUT2D eigenvalue weighted by Gasteiger charge is 2.31. The Labute approximate surface area is 120 Å². The number of rotatable bonds is 9. The van der Waals surface area contributed by atoms with Crippen molar-refractivity contribution in [3.8, 4) is 0 Å². The van der Waals surface area contributed by atoms with Crippen LogP contribution in [0.15, 0.2) is 0 Å². The molecule has 1 fully saturated rings. The van der Waals surface area contributed by atoms with E-state index in [0.29, 0.717) is 6.10 Å². The van der Waals surface area contributed by atoms with Gasteiger partial charge in [-0.1, -0.05) is 47.0 Å². The van der Waals surface area contributed by atoms with Crippen molar-refractivity contribution in [2.75, 3.05) is 19.7 Å². The van der Waals surface area contributed by atoms with Crippen LogP contribution in [0.4, 0.5) is 0 Å². The Bertz CT molecular complexity index is 217. The topological polar surface area (TPSA) is 21.3 Å². The summed E-state index contributed by atoms with van der Waals surface area (Å²) in [5.41, 5.74) is 0. The minimum absolute atomic E-state index is 0.501. The highest BCUT2D eigenvalue weighted by Crippen LogP contribution is 2.35. The molecule has 0 saturated heterocycles. The molecule has 0 amide bonds. The van der Waals surface area contributed by atoms with E-state index >= 15 is 0 Å². The van der Waals surface area contributed by atoms with Crippen molar-refractivity contribution in [2.24, 2.45) is 17.8 Å². The maximum atomic E-state index is 6.17. The van der Waals surface area contributed by atoms with E-state index in [1.165, 1.54) is 38.5 Å². The molecule has 1 N–H and O–H groups in total. The smallest absolute Gasteiger partial charge is 0.0608 e. The molecule has 1 aliphatic rings. The molecular weight excluding hydrogens is 234 g/mol. The fraction of sp³-hybridized carbons (Fsp3) is 1.00. The SMILES string of the molecule is CCCCCNCCOC1CC(C)CCC1C(C)C. The van der Waals surface area contributed by atoms with Gasteiger partial charge in [0.2, 0.25) is 0 Å². The first kappa shape index (κ1) is 17.0. The molecule has 0 aromatic carbocycles. The number of ether oxygens (including phenoxy) is 1. The Balaban J connectivity index is 2.14. The van der Waals surface area contributed by atoms with Crippen LogP contribution in [0.1, 0.15) is 66.2 Å². The molecule has 2 nitrogen and oxygen atoms in total. The lowest BCUT2D eigenvalue weighted by Crippen LogP contribution is -2.36. The van der Waals surface area contributed by atoms with Crippen LogP contribution >= 0.6 is 0 Å². The molecule has 0 aliphatic heterocycles. The zero-order valence-electron chi connectivity index (χ0n) is 13.6. The number of unbranched alkanes of at least 4 members (excludes halogenated alkanes) is 2. The molecular formula is C17H35NO. The fourth-order valence-electron chi connectivity index (χ4n) is 3.21. The molecule has 0 radical (unpaired) electrons. The van der Waals surface area contributed by atoms with Crippen LogP contribution in [0.3, 0.4) is 0 Å². The summed E-state index contributed by atoms with van der Waals surface area (Å²) >= 11 is 0. The van der Waals surface area contributed by atoms with Crippen LogP contribution < -0.4 is 5.32 Å². The van der Waals surface area contributed by atoms with Crippen LogP contribution in [0, 0.1) is 17.8 Å². The van der Waals surface area contributed by atoms with E-state index in [1.54, 1.807) is 0 Å². The van der Waals surface area contributed by atoms with Gasteiger partial charge < -0.3 is 10.1 Å². The predicted octanol–water partition coefficient (Wildman–Crippen LogP) is 4.24. The van der Waals surface area contributed by atoms with E-state index in [1.807, 2.05) is 0 Å². The van der Waals surface area contributed by atoms with Crippen LogP contribution in [0.25, 0.3) is 0 Å². The summed E-state index contributed by atoms with van der Waals surface area (Å²) in [6, 6.07) is 0. The van der Waals surface area contributed by atoms with Gasteiger partial charge in [-0.2, -0.15) is 0 Å². The highest BCUT2D eigenvalue weighted by atomic mass is 16.5. The zero-order valence-corrected chi connectivity index (χ0v) is 13.6. The molecule has 1 aliphatic carbocycles. The van der Waals surface area contributed by atoms with Gasteiger partial charge in [-0.25, -0.2) is 0 Å². The van der Waals surface area contributed by atoms with E-state index in [9.17, 15) is 0 Å². The van der Waals surface area contributed by atoms with Crippen molar-refractivity contribution in [3.63, 3.8) is 0 Å². The molecule has 3 atom stereocenters. The van der Waals surface area contributed by atoms with Crippen LogP contribution in [0.2, 0.25) is 0 Å². The summed E-state index contributed by atoms with van der Waals surface area (Å²) in [6.45, 7) is 12.4. The molecule has 0 aromatic rings. The Morgan fingerprint density at radius 1 is 1.16 bits per heavy atom. The fourth-order valence-corrected chi connectivity index (χ4v) is 3.21. The van der Waals surface area contributed by atoms with Gasteiger partial charge in [-0.15, -0.1) is 0 Å². The maximum absolute atomic E-state index is 6.17. The lowest BCUT2D eigenvalue weighted by atomic mass is 9.75. The second kappa shape index (κ2) is 9.77. The summed E-state index contributed by atoms with van der Waals surface area (Å²) in [7, 11) is 0. The molecule has 0 aromatic heterocycles. The maximum Gasteiger partial charge on any atom is 0.0608 e. The first-order valence-electron chi connectivity index (χ1n) is 8.47. The van der Waals surface area contributed by atoms with Crippen molar-refractivity contribution in [3.05, 3.63) is 0 Å². The van der Waals surface area contributed by atoms with Gasteiger partial charge in [0.1, 0.15) is 0 Å². The molecule has 0 heterocycles. The standard InChI is InChI=1S/C17H35NO/c1-5-6-7-10-18-11-12-19-17-13-15(4)8-9-16(17)14(2)3/h14-18H,5-13H2,1-4H3. The molecule has 1 rings (SSSR count). The number of hydrogen-bond acceptors (Lipinski definition) is 2. The van der Waals surface area contributed by atoms with Crippen molar-refractivity contribution in [1.29, 1.82) is 0 Å². The van der Waals surface area contributed by atoms with Crippen molar-refractivity contribution >= 4 is 0 Å². The van der Waals surface area contributed by atoms with Gasteiger partial charge in [-0.3, -0.25) is 0 Å². The normalized spacial score (nSPS) is 27.9. The van der Waals surface area contributed by atoms with Gasteiger partial charge in [0.05, 0.1) is 12.7 Å². The van der Waals surface area contributed by atoms with E-state index in [2.05, 4.69) is 33.0 Å². The molecule has 19 heavy (non-hydrogen) atoms. The van der Waals surface area contributed by atoms with E-state index in [0.717, 1.165) is 37.5 Å². The quantitative estimate of drug-likeness (QED) is 0.632. The zero-order chi connectivity index (χ0) is 14.1. The summed E-state index contributed by atoms with van der Waals surface area (Å²) in [4.78, 5) is 0. The molecule has 0 bridgehead atoms. The largest absolute Gasteiger partial charge is 0.377 e. The monoisotopic (exact) mass is 269 g/mol. The Morgan fingerprint density at radius 2 is 1.95 bits per heavy atom. The second-order valence-electron chi connectivity index (χ2n) is 6.69. The molecule has 114 valence electrons. The van der Waals surface area contributed by atoms with Crippen molar-refractivity contribution < 1.29 is 4.74 Å². The number of hydrogen-bond donors (Lipinski definition) is 1. The van der Waals surface area contributed by atoms with Crippen LogP contribution in [-0.2, 0) is 4.74 Å². The van der Waals surface area contributed by atoms with E-state index < -0.39 is 0 Å². The van der Waals surface area contributed by atoms with Gasteiger partial charge in [0.25, 0.3) is 0 Å². The highest BCUT2D eigenvalue weighted by molar-refractivity contribution is 4.81. The summed E-state index contributed by atoms with van der Waals surface area (Å²) < 4.78 is 6.17. The molecule has 0 spiro atoms. The van der Waals surface area contributed by atoms with Gasteiger partial charge in [-0.05, 0) is 43.6 Å². The summed E-state index contributed by atoms with van der Waals surface area (Å²) in [6.07, 6.45) is 8.44. The average Bonchev–Trinajstić information content (AvgIpc) is 2.37. The predicted molar refractivity (Wildman–Crippen MR) is 83.5 cm³/mol. The third-order valence-corrected chi connectivity index (χ3v) is 4.53. The van der Waals surface area contributed by atoms with E-state index in [-0.39, 0.29) is 0 Å². The summed E-state index contributed by atoms with van der Waals surface area (Å²) in [5.74, 6) is 2.38. The minimum atomic E-state index is 0.501. The minimum Gasteiger partial charge on any atom is -0.377 e. The first-order chi connectivity index (χ1) is 9.15. The third-order valence-electron chi connectivity index (χ3n) is 4.53. The Hall–Kier alpha value is -0.0800. The van der Waals surface area contributed by atoms with Gasteiger partial charge in [0, 0.05) is 6.54 Å². The first-order valence-corrected chi connectivity index (χ1v) is 8.47. The summed E-state index contributed by atoms with van der Waals surface area (Å²) in [5, 5.41) is 3.49. The second-order valence-corrected chi connectivity index (χ2v) is 6.69. The van der Waals surface area contributed by atoms with E-state index in [4.69, 9.17) is 4.74 Å². The molecule has 1 saturated carbocycles. The van der Waals surface area contributed by atoms with Crippen LogP contribution in [0.5, 0.6) is 0 Å². The number of nitrogens with one attached hydrogen (secondary N) is 1.